The van der Waals surface area contributed by atoms with Crippen molar-refractivity contribution in [1.29, 1.82) is 0 Å². The smallest absolute Gasteiger partial charge is 0.0627 e. The summed E-state index contributed by atoms with van der Waals surface area (Å²) in [4.78, 5) is 0. The van der Waals surface area contributed by atoms with Gasteiger partial charge in [0.15, 0.2) is 0 Å². The van der Waals surface area contributed by atoms with Crippen LogP contribution in [0.3, 0.4) is 0 Å². The molecular formula is C7H10S2. The number of rotatable bonds is 1. The molecule has 1 rings (SSSR count). The highest BCUT2D eigenvalue weighted by atomic mass is 32.2. The average molecular weight is 158 g/mol. The molecule has 0 saturated carbocycles. The van der Waals surface area contributed by atoms with Crippen molar-refractivity contribution in [2.75, 3.05) is 6.26 Å². The highest BCUT2D eigenvalue weighted by Gasteiger charge is 2.00. The van der Waals surface area contributed by atoms with Gasteiger partial charge in [-0.1, -0.05) is 0 Å². The third kappa shape index (κ3) is 1.30. The summed E-state index contributed by atoms with van der Waals surface area (Å²) in [7, 11) is 0. The second-order valence-corrected chi connectivity index (χ2v) is 3.99. The molecule has 0 unspecified atom stereocenters. The van der Waals surface area contributed by atoms with Crippen molar-refractivity contribution in [3.8, 4) is 0 Å². The van der Waals surface area contributed by atoms with E-state index in [2.05, 4.69) is 25.5 Å². The Morgan fingerprint density at radius 2 is 2.11 bits per heavy atom. The molecule has 0 N–H and O–H groups in total. The van der Waals surface area contributed by atoms with Crippen LogP contribution >= 0.6 is 23.1 Å². The molecule has 0 bridgehead atoms. The Morgan fingerprint density at radius 1 is 1.44 bits per heavy atom. The Balaban J connectivity index is 3.04. The van der Waals surface area contributed by atoms with Crippen LogP contribution in [0.1, 0.15) is 11.1 Å². The van der Waals surface area contributed by atoms with Crippen LogP contribution in [0.4, 0.5) is 0 Å². The zero-order chi connectivity index (χ0) is 6.85. The molecule has 0 fully saturated rings. The Bertz CT molecular complexity index is 201. The topological polar surface area (TPSA) is 0 Å². The minimum Gasteiger partial charge on any atom is -0.137 e. The Kier molecular flexibility index (Phi) is 2.19. The van der Waals surface area contributed by atoms with Crippen LogP contribution in [0.2, 0.25) is 0 Å². The molecule has 0 nitrogen and oxygen atoms in total. The lowest BCUT2D eigenvalue weighted by molar-refractivity contribution is 1.33. The van der Waals surface area contributed by atoms with Gasteiger partial charge in [0.25, 0.3) is 0 Å². The van der Waals surface area contributed by atoms with Gasteiger partial charge < -0.3 is 0 Å². The van der Waals surface area contributed by atoms with Gasteiger partial charge in [-0.15, -0.1) is 23.1 Å². The van der Waals surface area contributed by atoms with Gasteiger partial charge in [0.2, 0.25) is 0 Å². The highest BCUT2D eigenvalue weighted by molar-refractivity contribution is 8.00. The second-order valence-electron chi connectivity index (χ2n) is 2.04. The van der Waals surface area contributed by atoms with E-state index in [4.69, 9.17) is 0 Å². The molecule has 1 heterocycles. The summed E-state index contributed by atoms with van der Waals surface area (Å²) in [6.45, 7) is 4.34. The number of aryl methyl sites for hydroxylation is 1. The van der Waals surface area contributed by atoms with Crippen molar-refractivity contribution in [2.24, 2.45) is 0 Å². The molecule has 50 valence electrons. The molecule has 0 aliphatic heterocycles. The van der Waals surface area contributed by atoms with E-state index in [1.54, 1.807) is 0 Å². The summed E-state index contributed by atoms with van der Waals surface area (Å²) in [5.74, 6) is 0. The first-order chi connectivity index (χ1) is 4.25. The van der Waals surface area contributed by atoms with E-state index in [-0.39, 0.29) is 0 Å². The fourth-order valence-electron chi connectivity index (χ4n) is 0.681. The average Bonchev–Trinajstić information content (AvgIpc) is 2.15. The summed E-state index contributed by atoms with van der Waals surface area (Å²) in [6, 6.07) is 0. The predicted octanol–water partition coefficient (Wildman–Crippen LogP) is 3.09. The molecule has 0 atom stereocenters. The van der Waals surface area contributed by atoms with E-state index in [0.717, 1.165) is 0 Å². The van der Waals surface area contributed by atoms with Crippen LogP contribution in [0.15, 0.2) is 9.59 Å². The Morgan fingerprint density at radius 3 is 2.33 bits per heavy atom. The van der Waals surface area contributed by atoms with Crippen molar-refractivity contribution in [3.05, 3.63) is 16.5 Å². The zero-order valence-corrected chi connectivity index (χ0v) is 7.53. The van der Waals surface area contributed by atoms with Crippen molar-refractivity contribution >= 4 is 23.1 Å². The first kappa shape index (κ1) is 7.16. The van der Waals surface area contributed by atoms with Crippen molar-refractivity contribution in [1.82, 2.24) is 0 Å². The number of thioether (sulfide) groups is 1. The molecule has 9 heavy (non-hydrogen) atoms. The monoisotopic (exact) mass is 158 g/mol. The molecule has 0 aliphatic carbocycles. The summed E-state index contributed by atoms with van der Waals surface area (Å²) in [5.41, 5.74) is 2.87. The van der Waals surface area contributed by atoms with Crippen molar-refractivity contribution in [3.63, 3.8) is 0 Å². The third-order valence-corrected chi connectivity index (χ3v) is 3.88. The van der Waals surface area contributed by atoms with Crippen LogP contribution in [-0.2, 0) is 0 Å². The minimum absolute atomic E-state index is 1.42. The normalized spacial score (nSPS) is 10.1. The minimum atomic E-state index is 1.42. The Hall–Kier alpha value is 0.0500. The lowest BCUT2D eigenvalue weighted by atomic mass is 10.2. The molecule has 0 radical (unpaired) electrons. The van der Waals surface area contributed by atoms with Crippen LogP contribution in [0.25, 0.3) is 0 Å². The maximum absolute atomic E-state index is 2.21. The quantitative estimate of drug-likeness (QED) is 0.566. The first-order valence-electron chi connectivity index (χ1n) is 2.84. The molecule has 0 amide bonds. The maximum Gasteiger partial charge on any atom is 0.0627 e. The Labute approximate surface area is 64.3 Å². The van der Waals surface area contributed by atoms with Gasteiger partial charge in [0.1, 0.15) is 0 Å². The van der Waals surface area contributed by atoms with Gasteiger partial charge in [-0.25, -0.2) is 0 Å². The first-order valence-corrected chi connectivity index (χ1v) is 4.95. The van der Waals surface area contributed by atoms with Crippen LogP contribution in [-0.4, -0.2) is 6.26 Å². The lowest BCUT2D eigenvalue weighted by Gasteiger charge is -1.91. The SMILES string of the molecule is CSc1scc(C)c1C. The summed E-state index contributed by atoms with van der Waals surface area (Å²) in [5, 5.41) is 2.21. The van der Waals surface area contributed by atoms with Crippen LogP contribution in [0, 0.1) is 13.8 Å². The van der Waals surface area contributed by atoms with E-state index in [0.29, 0.717) is 0 Å². The fourth-order valence-corrected chi connectivity index (χ4v) is 2.48. The predicted molar refractivity (Wildman–Crippen MR) is 45.6 cm³/mol. The lowest BCUT2D eigenvalue weighted by Crippen LogP contribution is -1.70. The largest absolute Gasteiger partial charge is 0.137 e. The molecule has 0 spiro atoms. The van der Waals surface area contributed by atoms with E-state index in [9.17, 15) is 0 Å². The molecule has 1 aromatic rings. The molecule has 1 aromatic heterocycles. The van der Waals surface area contributed by atoms with E-state index < -0.39 is 0 Å². The molecule has 0 saturated heterocycles. The van der Waals surface area contributed by atoms with Crippen LogP contribution in [0.5, 0.6) is 0 Å². The van der Waals surface area contributed by atoms with Gasteiger partial charge in [0, 0.05) is 0 Å². The van der Waals surface area contributed by atoms with Gasteiger partial charge in [0.05, 0.1) is 4.21 Å². The summed E-state index contributed by atoms with van der Waals surface area (Å²) < 4.78 is 1.45. The van der Waals surface area contributed by atoms with Gasteiger partial charge in [-0.05, 0) is 36.6 Å². The maximum atomic E-state index is 2.21. The van der Waals surface area contributed by atoms with Crippen molar-refractivity contribution < 1.29 is 0 Å². The third-order valence-electron chi connectivity index (χ3n) is 1.43. The number of hydrogen-bond donors (Lipinski definition) is 0. The van der Waals surface area contributed by atoms with Crippen LogP contribution < -0.4 is 0 Å². The number of hydrogen-bond acceptors (Lipinski definition) is 2. The molecular weight excluding hydrogens is 148 g/mol. The second kappa shape index (κ2) is 2.76. The summed E-state index contributed by atoms with van der Waals surface area (Å²) in [6.07, 6.45) is 2.12. The van der Waals surface area contributed by atoms with E-state index >= 15 is 0 Å². The molecule has 0 aromatic carbocycles. The van der Waals surface area contributed by atoms with Gasteiger partial charge >= 0.3 is 0 Å². The fraction of sp³-hybridized carbons (Fsp3) is 0.429. The highest BCUT2D eigenvalue weighted by Crippen LogP contribution is 2.28. The van der Waals surface area contributed by atoms with Gasteiger partial charge in [-0.3, -0.25) is 0 Å². The standard InChI is InChI=1S/C7H10S2/c1-5-4-9-7(8-3)6(5)2/h4H,1-3H3. The summed E-state index contributed by atoms with van der Waals surface area (Å²) >= 11 is 3.67. The van der Waals surface area contributed by atoms with E-state index in [1.165, 1.54) is 15.3 Å². The zero-order valence-electron chi connectivity index (χ0n) is 5.89. The number of thiophene rings is 1. The molecule has 0 aliphatic rings. The van der Waals surface area contributed by atoms with E-state index in [1.807, 2.05) is 23.1 Å². The molecule has 2 heteroatoms. The van der Waals surface area contributed by atoms with Gasteiger partial charge in [-0.2, -0.15) is 0 Å². The van der Waals surface area contributed by atoms with Crippen molar-refractivity contribution in [2.45, 2.75) is 18.1 Å².